The zero-order chi connectivity index (χ0) is 14.3. The standard InChI is InChI=1S/C16H34ClNO/c1-4-5-6-7-8-9-10-12-18(16(2)3)13-15-19-14-11-17/h16H,4-15H2,1-3H3. The van der Waals surface area contributed by atoms with Crippen molar-refractivity contribution in [3.63, 3.8) is 0 Å². The molecule has 0 N–H and O–H groups in total. The minimum Gasteiger partial charge on any atom is -0.379 e. The summed E-state index contributed by atoms with van der Waals surface area (Å²) in [4.78, 5) is 2.51. The van der Waals surface area contributed by atoms with Crippen molar-refractivity contribution in [2.24, 2.45) is 0 Å². The Labute approximate surface area is 125 Å². The van der Waals surface area contributed by atoms with Crippen LogP contribution in [-0.2, 0) is 4.74 Å². The number of halogens is 1. The minimum atomic E-state index is 0.597. The number of unbranched alkanes of at least 4 members (excludes halogenated alkanes) is 6. The van der Waals surface area contributed by atoms with E-state index in [9.17, 15) is 0 Å². The Kier molecular flexibility index (Phi) is 14.8. The first-order valence-electron chi connectivity index (χ1n) is 8.10. The van der Waals surface area contributed by atoms with Crippen molar-refractivity contribution >= 4 is 11.6 Å². The summed E-state index contributed by atoms with van der Waals surface area (Å²) >= 11 is 5.60. The van der Waals surface area contributed by atoms with E-state index in [1.807, 2.05) is 0 Å². The van der Waals surface area contributed by atoms with E-state index in [2.05, 4.69) is 25.7 Å². The van der Waals surface area contributed by atoms with Crippen LogP contribution in [0.5, 0.6) is 0 Å². The molecule has 0 saturated carbocycles. The van der Waals surface area contributed by atoms with Crippen molar-refractivity contribution in [2.45, 2.75) is 71.8 Å². The molecule has 0 bridgehead atoms. The second kappa shape index (κ2) is 14.6. The van der Waals surface area contributed by atoms with E-state index >= 15 is 0 Å². The van der Waals surface area contributed by atoms with E-state index in [0.717, 1.165) is 13.2 Å². The largest absolute Gasteiger partial charge is 0.379 e. The number of ether oxygens (including phenoxy) is 1. The zero-order valence-corrected chi connectivity index (χ0v) is 14.1. The molecule has 0 radical (unpaired) electrons. The van der Waals surface area contributed by atoms with Crippen LogP contribution in [0.2, 0.25) is 0 Å². The molecular formula is C16H34ClNO. The third kappa shape index (κ3) is 13.0. The topological polar surface area (TPSA) is 12.5 Å². The lowest BCUT2D eigenvalue weighted by molar-refractivity contribution is 0.101. The molecule has 0 atom stereocenters. The van der Waals surface area contributed by atoms with Crippen LogP contribution in [0.15, 0.2) is 0 Å². The summed E-state index contributed by atoms with van der Waals surface area (Å²) in [5, 5.41) is 0. The Balaban J connectivity index is 3.48. The predicted octanol–water partition coefficient (Wildman–Crippen LogP) is 4.70. The lowest BCUT2D eigenvalue weighted by Crippen LogP contribution is -2.35. The summed E-state index contributed by atoms with van der Waals surface area (Å²) in [7, 11) is 0. The van der Waals surface area contributed by atoms with Crippen LogP contribution in [0.1, 0.15) is 65.7 Å². The molecule has 0 aromatic carbocycles. The van der Waals surface area contributed by atoms with Gasteiger partial charge in [-0.25, -0.2) is 0 Å². The molecule has 2 nitrogen and oxygen atoms in total. The van der Waals surface area contributed by atoms with Crippen LogP contribution >= 0.6 is 11.6 Å². The normalized spacial score (nSPS) is 11.7. The lowest BCUT2D eigenvalue weighted by atomic mass is 10.1. The van der Waals surface area contributed by atoms with Gasteiger partial charge in [0.2, 0.25) is 0 Å². The predicted molar refractivity (Wildman–Crippen MR) is 86.2 cm³/mol. The fourth-order valence-corrected chi connectivity index (χ4v) is 2.35. The fourth-order valence-electron chi connectivity index (χ4n) is 2.24. The van der Waals surface area contributed by atoms with Gasteiger partial charge in [0, 0.05) is 18.5 Å². The average molecular weight is 292 g/mol. The molecule has 116 valence electrons. The van der Waals surface area contributed by atoms with Gasteiger partial charge in [-0.1, -0.05) is 45.4 Å². The van der Waals surface area contributed by atoms with Crippen molar-refractivity contribution in [3.8, 4) is 0 Å². The molecule has 0 aromatic heterocycles. The monoisotopic (exact) mass is 291 g/mol. The van der Waals surface area contributed by atoms with Crippen LogP contribution in [0, 0.1) is 0 Å². The Bertz CT molecular complexity index is 176. The third-order valence-electron chi connectivity index (χ3n) is 3.52. The number of nitrogens with zero attached hydrogens (tertiary/aromatic N) is 1. The van der Waals surface area contributed by atoms with E-state index in [-0.39, 0.29) is 0 Å². The molecule has 0 fully saturated rings. The van der Waals surface area contributed by atoms with Crippen LogP contribution in [0.4, 0.5) is 0 Å². The molecule has 0 aliphatic heterocycles. The highest BCUT2D eigenvalue weighted by atomic mass is 35.5. The second-order valence-electron chi connectivity index (χ2n) is 5.55. The molecule has 0 rings (SSSR count). The van der Waals surface area contributed by atoms with E-state index in [0.29, 0.717) is 18.5 Å². The van der Waals surface area contributed by atoms with Crippen molar-refractivity contribution in [1.82, 2.24) is 4.90 Å². The SMILES string of the molecule is CCCCCCCCCN(CCOCCCl)C(C)C. The first-order valence-corrected chi connectivity index (χ1v) is 8.63. The molecule has 0 spiro atoms. The van der Waals surface area contributed by atoms with Crippen LogP contribution in [0.25, 0.3) is 0 Å². The molecule has 0 aliphatic rings. The summed E-state index contributed by atoms with van der Waals surface area (Å²) in [6, 6.07) is 0.611. The van der Waals surface area contributed by atoms with Gasteiger partial charge in [0.05, 0.1) is 13.2 Å². The molecule has 3 heteroatoms. The number of hydrogen-bond acceptors (Lipinski definition) is 2. The molecule has 0 unspecified atom stereocenters. The second-order valence-corrected chi connectivity index (χ2v) is 5.93. The Morgan fingerprint density at radius 3 is 2.11 bits per heavy atom. The Hall–Kier alpha value is 0.210. The van der Waals surface area contributed by atoms with Crippen LogP contribution in [-0.4, -0.2) is 43.1 Å². The number of hydrogen-bond donors (Lipinski definition) is 0. The highest BCUT2D eigenvalue weighted by molar-refractivity contribution is 6.17. The highest BCUT2D eigenvalue weighted by Crippen LogP contribution is 2.08. The maximum Gasteiger partial charge on any atom is 0.0602 e. The molecule has 0 aromatic rings. The smallest absolute Gasteiger partial charge is 0.0602 e. The summed E-state index contributed by atoms with van der Waals surface area (Å²) < 4.78 is 5.46. The Morgan fingerprint density at radius 2 is 1.53 bits per heavy atom. The number of alkyl halides is 1. The van der Waals surface area contributed by atoms with Gasteiger partial charge in [0.25, 0.3) is 0 Å². The van der Waals surface area contributed by atoms with Gasteiger partial charge < -0.3 is 4.74 Å². The lowest BCUT2D eigenvalue weighted by Gasteiger charge is -2.26. The van der Waals surface area contributed by atoms with Crippen LogP contribution in [0.3, 0.4) is 0 Å². The highest BCUT2D eigenvalue weighted by Gasteiger charge is 2.08. The van der Waals surface area contributed by atoms with Crippen molar-refractivity contribution in [1.29, 1.82) is 0 Å². The van der Waals surface area contributed by atoms with Crippen molar-refractivity contribution in [3.05, 3.63) is 0 Å². The average Bonchev–Trinajstić information content (AvgIpc) is 2.39. The van der Waals surface area contributed by atoms with E-state index in [4.69, 9.17) is 16.3 Å². The van der Waals surface area contributed by atoms with Gasteiger partial charge in [-0.15, -0.1) is 11.6 Å². The van der Waals surface area contributed by atoms with Gasteiger partial charge in [-0.3, -0.25) is 4.90 Å². The quantitative estimate of drug-likeness (QED) is 0.340. The summed E-state index contributed by atoms with van der Waals surface area (Å²) in [5.41, 5.74) is 0. The van der Waals surface area contributed by atoms with E-state index in [1.54, 1.807) is 0 Å². The first kappa shape index (κ1) is 19.2. The summed E-state index contributed by atoms with van der Waals surface area (Å²) in [6.07, 6.45) is 9.65. The summed E-state index contributed by atoms with van der Waals surface area (Å²) in [6.45, 7) is 10.5. The molecule has 0 saturated heterocycles. The van der Waals surface area contributed by atoms with Gasteiger partial charge in [-0.05, 0) is 26.8 Å². The molecule has 0 heterocycles. The fraction of sp³-hybridized carbons (Fsp3) is 1.00. The van der Waals surface area contributed by atoms with Gasteiger partial charge in [-0.2, -0.15) is 0 Å². The third-order valence-corrected chi connectivity index (χ3v) is 3.68. The maximum absolute atomic E-state index is 5.60. The zero-order valence-electron chi connectivity index (χ0n) is 13.3. The van der Waals surface area contributed by atoms with Crippen LogP contribution < -0.4 is 0 Å². The van der Waals surface area contributed by atoms with E-state index in [1.165, 1.54) is 51.5 Å². The van der Waals surface area contributed by atoms with Gasteiger partial charge >= 0.3 is 0 Å². The van der Waals surface area contributed by atoms with Crippen molar-refractivity contribution in [2.75, 3.05) is 32.2 Å². The molecule has 0 amide bonds. The minimum absolute atomic E-state index is 0.597. The summed E-state index contributed by atoms with van der Waals surface area (Å²) in [5.74, 6) is 0.597. The number of rotatable bonds is 14. The molecular weight excluding hydrogens is 258 g/mol. The first-order chi connectivity index (χ1) is 9.22. The molecule has 19 heavy (non-hydrogen) atoms. The van der Waals surface area contributed by atoms with Gasteiger partial charge in [0.15, 0.2) is 0 Å². The molecule has 0 aliphatic carbocycles. The Morgan fingerprint density at radius 1 is 0.895 bits per heavy atom. The van der Waals surface area contributed by atoms with Crippen molar-refractivity contribution < 1.29 is 4.74 Å². The van der Waals surface area contributed by atoms with E-state index < -0.39 is 0 Å². The van der Waals surface area contributed by atoms with Gasteiger partial charge in [0.1, 0.15) is 0 Å². The maximum atomic E-state index is 5.60.